The molecule has 1 aliphatic rings. The van der Waals surface area contributed by atoms with Crippen molar-refractivity contribution in [2.45, 2.75) is 52.0 Å². The Morgan fingerprint density at radius 1 is 1.33 bits per heavy atom. The second-order valence-electron chi connectivity index (χ2n) is 5.01. The molecule has 5 heteroatoms. The molecule has 0 spiro atoms. The lowest BCUT2D eigenvalue weighted by Gasteiger charge is -2.29. The molecule has 0 aromatic heterocycles. The number of aliphatic carboxylic acids is 1. The van der Waals surface area contributed by atoms with Crippen molar-refractivity contribution in [3.8, 4) is 0 Å². The van der Waals surface area contributed by atoms with E-state index in [9.17, 15) is 14.7 Å². The van der Waals surface area contributed by atoms with Gasteiger partial charge in [-0.1, -0.05) is 20.3 Å². The topological polar surface area (TPSA) is 78.4 Å². The van der Waals surface area contributed by atoms with Crippen molar-refractivity contribution in [1.29, 1.82) is 0 Å². The highest BCUT2D eigenvalue weighted by molar-refractivity contribution is 5.83. The molecule has 1 saturated heterocycles. The summed E-state index contributed by atoms with van der Waals surface area (Å²) in [7, 11) is 0. The summed E-state index contributed by atoms with van der Waals surface area (Å²) < 4.78 is 0. The molecule has 18 heavy (non-hydrogen) atoms. The maximum atomic E-state index is 11.9. The molecular weight excluding hydrogens is 232 g/mol. The number of hydrogen-bond donors (Lipinski definition) is 3. The Balaban J connectivity index is 2.51. The van der Waals surface area contributed by atoms with E-state index >= 15 is 0 Å². The fourth-order valence-electron chi connectivity index (χ4n) is 2.33. The van der Waals surface area contributed by atoms with Gasteiger partial charge in [0, 0.05) is 6.54 Å². The monoisotopic (exact) mass is 256 g/mol. The van der Waals surface area contributed by atoms with Crippen LogP contribution in [0.4, 0.5) is 0 Å². The van der Waals surface area contributed by atoms with Crippen LogP contribution in [0.15, 0.2) is 0 Å². The van der Waals surface area contributed by atoms with Gasteiger partial charge in [0.25, 0.3) is 0 Å². The Morgan fingerprint density at radius 3 is 2.44 bits per heavy atom. The van der Waals surface area contributed by atoms with Crippen LogP contribution in [0, 0.1) is 5.41 Å². The van der Waals surface area contributed by atoms with Crippen LogP contribution < -0.4 is 10.6 Å². The van der Waals surface area contributed by atoms with Gasteiger partial charge in [0.05, 0.1) is 11.5 Å². The van der Waals surface area contributed by atoms with Crippen molar-refractivity contribution in [1.82, 2.24) is 10.6 Å². The molecule has 1 rings (SSSR count). The summed E-state index contributed by atoms with van der Waals surface area (Å²) in [6.45, 7) is 4.78. The van der Waals surface area contributed by atoms with Gasteiger partial charge < -0.3 is 15.7 Å². The Morgan fingerprint density at radius 2 is 2.00 bits per heavy atom. The van der Waals surface area contributed by atoms with Crippen molar-refractivity contribution < 1.29 is 14.7 Å². The second kappa shape index (κ2) is 6.73. The smallest absolute Gasteiger partial charge is 0.311 e. The first kappa shape index (κ1) is 15.0. The lowest BCUT2D eigenvalue weighted by atomic mass is 9.82. The van der Waals surface area contributed by atoms with Crippen LogP contribution in [0.25, 0.3) is 0 Å². The number of carbonyl (C=O) groups excluding carboxylic acids is 1. The van der Waals surface area contributed by atoms with Crippen LogP contribution in [-0.2, 0) is 9.59 Å². The maximum Gasteiger partial charge on any atom is 0.311 e. The molecule has 0 radical (unpaired) electrons. The number of piperidine rings is 1. The number of nitrogens with one attached hydrogen (secondary N) is 2. The molecule has 0 aromatic carbocycles. The zero-order valence-corrected chi connectivity index (χ0v) is 11.3. The molecule has 0 aliphatic carbocycles. The van der Waals surface area contributed by atoms with Gasteiger partial charge in [0.2, 0.25) is 5.91 Å². The second-order valence-corrected chi connectivity index (χ2v) is 5.01. The van der Waals surface area contributed by atoms with E-state index < -0.39 is 11.4 Å². The summed E-state index contributed by atoms with van der Waals surface area (Å²) in [4.78, 5) is 23.2. The number of carboxylic acids is 1. The minimum atomic E-state index is -0.829. The third kappa shape index (κ3) is 3.45. The van der Waals surface area contributed by atoms with Gasteiger partial charge in [0.1, 0.15) is 0 Å². The Kier molecular flexibility index (Phi) is 5.59. The molecule has 0 bridgehead atoms. The molecule has 0 saturated carbocycles. The predicted molar refractivity (Wildman–Crippen MR) is 69.3 cm³/mol. The molecule has 1 aliphatic heterocycles. The number of amides is 1. The Bertz CT molecular complexity index is 295. The molecule has 3 N–H and O–H groups in total. The zero-order chi connectivity index (χ0) is 13.6. The lowest BCUT2D eigenvalue weighted by Crippen LogP contribution is -2.50. The normalized spacial score (nSPS) is 20.4. The summed E-state index contributed by atoms with van der Waals surface area (Å²) in [6.07, 6.45) is 4.04. The fraction of sp³-hybridized carbons (Fsp3) is 0.846. The molecule has 1 atom stereocenters. The minimum Gasteiger partial charge on any atom is -0.481 e. The number of rotatable bonds is 6. The maximum absolute atomic E-state index is 11.9. The van der Waals surface area contributed by atoms with E-state index in [1.54, 1.807) is 0 Å². The lowest BCUT2D eigenvalue weighted by molar-refractivity contribution is -0.149. The Labute approximate surface area is 108 Å². The summed E-state index contributed by atoms with van der Waals surface area (Å²) in [5.41, 5.74) is -0.829. The minimum absolute atomic E-state index is 0.0674. The summed E-state index contributed by atoms with van der Waals surface area (Å²) in [5.74, 6) is -0.897. The van der Waals surface area contributed by atoms with E-state index in [-0.39, 0.29) is 18.5 Å². The van der Waals surface area contributed by atoms with Crippen LogP contribution in [-0.4, -0.2) is 36.1 Å². The zero-order valence-electron chi connectivity index (χ0n) is 11.3. The first-order chi connectivity index (χ1) is 8.55. The van der Waals surface area contributed by atoms with E-state index in [0.717, 1.165) is 25.8 Å². The van der Waals surface area contributed by atoms with Gasteiger partial charge in [-0.05, 0) is 32.2 Å². The van der Waals surface area contributed by atoms with Gasteiger partial charge in [-0.25, -0.2) is 0 Å². The largest absolute Gasteiger partial charge is 0.481 e. The van der Waals surface area contributed by atoms with Crippen LogP contribution in [0.5, 0.6) is 0 Å². The summed E-state index contributed by atoms with van der Waals surface area (Å²) >= 11 is 0. The van der Waals surface area contributed by atoms with E-state index in [1.165, 1.54) is 0 Å². The Hall–Kier alpha value is -1.10. The van der Waals surface area contributed by atoms with Gasteiger partial charge in [0.15, 0.2) is 0 Å². The van der Waals surface area contributed by atoms with Gasteiger partial charge in [-0.15, -0.1) is 0 Å². The van der Waals surface area contributed by atoms with Crippen molar-refractivity contribution in [2.24, 2.45) is 5.41 Å². The molecule has 1 amide bonds. The van der Waals surface area contributed by atoms with Crippen LogP contribution in [0.2, 0.25) is 0 Å². The molecule has 0 aromatic rings. The molecule has 104 valence electrons. The van der Waals surface area contributed by atoms with Crippen molar-refractivity contribution in [3.05, 3.63) is 0 Å². The third-order valence-electron chi connectivity index (χ3n) is 4.04. The van der Waals surface area contributed by atoms with E-state index in [2.05, 4.69) is 10.6 Å². The number of carboxylic acid groups (broad SMARTS) is 1. The molecule has 1 fully saturated rings. The van der Waals surface area contributed by atoms with Gasteiger partial charge in [-0.2, -0.15) is 0 Å². The van der Waals surface area contributed by atoms with Crippen molar-refractivity contribution in [3.63, 3.8) is 0 Å². The predicted octanol–water partition coefficient (Wildman–Crippen LogP) is 1.14. The van der Waals surface area contributed by atoms with Crippen LogP contribution >= 0.6 is 0 Å². The summed E-state index contributed by atoms with van der Waals surface area (Å²) in [6, 6.07) is -0.154. The first-order valence-electron chi connectivity index (χ1n) is 6.80. The number of carbonyl (C=O) groups is 2. The number of hydrogen-bond acceptors (Lipinski definition) is 3. The van der Waals surface area contributed by atoms with E-state index in [1.807, 2.05) is 13.8 Å². The van der Waals surface area contributed by atoms with E-state index in [4.69, 9.17) is 0 Å². The average molecular weight is 256 g/mol. The molecule has 1 unspecified atom stereocenters. The molecule has 1 heterocycles. The van der Waals surface area contributed by atoms with Gasteiger partial charge >= 0.3 is 5.97 Å². The first-order valence-corrected chi connectivity index (χ1v) is 6.80. The van der Waals surface area contributed by atoms with Crippen molar-refractivity contribution >= 4 is 11.9 Å². The molecule has 5 nitrogen and oxygen atoms in total. The van der Waals surface area contributed by atoms with Gasteiger partial charge in [-0.3, -0.25) is 9.59 Å². The van der Waals surface area contributed by atoms with Crippen LogP contribution in [0.1, 0.15) is 46.0 Å². The summed E-state index contributed by atoms with van der Waals surface area (Å²) in [5, 5.41) is 15.2. The highest BCUT2D eigenvalue weighted by atomic mass is 16.4. The average Bonchev–Trinajstić information content (AvgIpc) is 2.41. The van der Waals surface area contributed by atoms with Crippen LogP contribution in [0.3, 0.4) is 0 Å². The van der Waals surface area contributed by atoms with Crippen molar-refractivity contribution in [2.75, 3.05) is 13.1 Å². The highest BCUT2D eigenvalue weighted by Gasteiger charge is 2.35. The molecular formula is C13H24N2O3. The highest BCUT2D eigenvalue weighted by Crippen LogP contribution is 2.25. The quantitative estimate of drug-likeness (QED) is 0.666. The van der Waals surface area contributed by atoms with E-state index in [0.29, 0.717) is 12.8 Å². The SMILES string of the molecule is CCC(CC)(CNC(=O)C1CCCCN1)C(=O)O. The third-order valence-corrected chi connectivity index (χ3v) is 4.04. The standard InChI is InChI=1S/C13H24N2O3/c1-3-13(4-2,12(17)18)9-15-11(16)10-7-5-6-8-14-10/h10,14H,3-9H2,1-2H3,(H,15,16)(H,17,18). The fourth-order valence-corrected chi connectivity index (χ4v) is 2.33.